The van der Waals surface area contributed by atoms with Crippen LogP contribution in [-0.4, -0.2) is 19.1 Å². The summed E-state index contributed by atoms with van der Waals surface area (Å²) in [4.78, 5) is 6.58. The third kappa shape index (κ3) is 3.01. The number of aromatic nitrogens is 1. The molecule has 2 aromatic rings. The van der Waals surface area contributed by atoms with Crippen LogP contribution in [0.25, 0.3) is 0 Å². The molecule has 0 saturated carbocycles. The van der Waals surface area contributed by atoms with E-state index >= 15 is 0 Å². The van der Waals surface area contributed by atoms with Gasteiger partial charge in [-0.2, -0.15) is 0 Å². The van der Waals surface area contributed by atoms with Crippen molar-refractivity contribution in [2.24, 2.45) is 0 Å². The van der Waals surface area contributed by atoms with Gasteiger partial charge in [0.2, 0.25) is 0 Å². The summed E-state index contributed by atoms with van der Waals surface area (Å²) in [5.74, 6) is 0. The van der Waals surface area contributed by atoms with Crippen molar-refractivity contribution in [3.05, 3.63) is 39.8 Å². The van der Waals surface area contributed by atoms with Crippen LogP contribution >= 0.6 is 11.3 Å². The summed E-state index contributed by atoms with van der Waals surface area (Å²) >= 11 is 1.70. The maximum Gasteiger partial charge on any atom is 0.112 e. The Bertz CT molecular complexity index is 532. The van der Waals surface area contributed by atoms with Crippen LogP contribution in [0.1, 0.15) is 16.3 Å². The summed E-state index contributed by atoms with van der Waals surface area (Å²) in [6.07, 6.45) is 0. The molecular weight excluding hydrogens is 242 g/mol. The van der Waals surface area contributed by atoms with Gasteiger partial charge in [-0.05, 0) is 31.5 Å². The Labute approximate surface area is 112 Å². The van der Waals surface area contributed by atoms with Gasteiger partial charge in [0.1, 0.15) is 5.01 Å². The number of thiazole rings is 1. The van der Waals surface area contributed by atoms with E-state index in [4.69, 9.17) is 0 Å². The molecule has 0 saturated heterocycles. The normalized spacial score (nSPS) is 10.4. The standard InChI is InChI=1S/C14H19N3S/c1-10-5-6-12(7-13(10)17(3)4)15-8-14-16-11(2)9-18-14/h5-7,9,15H,8H2,1-4H3. The number of aryl methyl sites for hydroxylation is 2. The van der Waals surface area contributed by atoms with Crippen LogP contribution in [0.3, 0.4) is 0 Å². The lowest BCUT2D eigenvalue weighted by Crippen LogP contribution is -2.10. The molecule has 18 heavy (non-hydrogen) atoms. The first-order chi connectivity index (χ1) is 8.56. The van der Waals surface area contributed by atoms with Crippen LogP contribution in [0, 0.1) is 13.8 Å². The Morgan fingerprint density at radius 2 is 2.06 bits per heavy atom. The van der Waals surface area contributed by atoms with Crippen molar-refractivity contribution in [2.75, 3.05) is 24.3 Å². The highest BCUT2D eigenvalue weighted by Gasteiger charge is 2.03. The number of nitrogens with one attached hydrogen (secondary N) is 1. The lowest BCUT2D eigenvalue weighted by Gasteiger charge is -2.17. The van der Waals surface area contributed by atoms with Crippen molar-refractivity contribution in [3.8, 4) is 0 Å². The van der Waals surface area contributed by atoms with Gasteiger partial charge in [-0.1, -0.05) is 6.07 Å². The van der Waals surface area contributed by atoms with Gasteiger partial charge >= 0.3 is 0 Å². The van der Waals surface area contributed by atoms with E-state index in [-0.39, 0.29) is 0 Å². The summed E-state index contributed by atoms with van der Waals surface area (Å²) in [5.41, 5.74) is 4.76. The number of hydrogen-bond donors (Lipinski definition) is 1. The first kappa shape index (κ1) is 12.9. The predicted molar refractivity (Wildman–Crippen MR) is 79.7 cm³/mol. The second-order valence-electron chi connectivity index (χ2n) is 4.63. The summed E-state index contributed by atoms with van der Waals surface area (Å²) in [5, 5.41) is 6.62. The molecule has 4 heteroatoms. The highest BCUT2D eigenvalue weighted by Crippen LogP contribution is 2.23. The summed E-state index contributed by atoms with van der Waals surface area (Å²) in [6.45, 7) is 4.94. The zero-order valence-corrected chi connectivity index (χ0v) is 12.1. The molecule has 0 spiro atoms. The molecule has 0 amide bonds. The van der Waals surface area contributed by atoms with Crippen molar-refractivity contribution < 1.29 is 0 Å². The van der Waals surface area contributed by atoms with Crippen molar-refractivity contribution in [2.45, 2.75) is 20.4 Å². The quantitative estimate of drug-likeness (QED) is 0.914. The first-order valence-electron chi connectivity index (χ1n) is 5.99. The SMILES string of the molecule is Cc1csc(CNc2ccc(C)c(N(C)C)c2)n1. The molecule has 1 heterocycles. The summed E-state index contributed by atoms with van der Waals surface area (Å²) in [6, 6.07) is 6.43. The third-order valence-electron chi connectivity index (χ3n) is 2.80. The van der Waals surface area contributed by atoms with Crippen LogP contribution in [0.4, 0.5) is 11.4 Å². The van der Waals surface area contributed by atoms with Gasteiger partial charge in [-0.3, -0.25) is 0 Å². The minimum Gasteiger partial charge on any atom is -0.378 e. The molecule has 0 radical (unpaired) electrons. The van der Waals surface area contributed by atoms with E-state index in [0.717, 1.165) is 22.9 Å². The molecule has 1 aromatic carbocycles. The second-order valence-corrected chi connectivity index (χ2v) is 5.57. The lowest BCUT2D eigenvalue weighted by atomic mass is 10.1. The smallest absolute Gasteiger partial charge is 0.112 e. The highest BCUT2D eigenvalue weighted by molar-refractivity contribution is 7.09. The molecule has 0 aliphatic rings. The number of benzene rings is 1. The molecule has 0 unspecified atom stereocenters. The van der Waals surface area contributed by atoms with E-state index in [1.165, 1.54) is 11.3 Å². The van der Waals surface area contributed by atoms with E-state index < -0.39 is 0 Å². The minimum atomic E-state index is 0.786. The van der Waals surface area contributed by atoms with Crippen molar-refractivity contribution >= 4 is 22.7 Å². The molecule has 0 fully saturated rings. The second kappa shape index (κ2) is 5.40. The molecular formula is C14H19N3S. The first-order valence-corrected chi connectivity index (χ1v) is 6.87. The number of nitrogens with zero attached hydrogens (tertiary/aromatic N) is 2. The Morgan fingerprint density at radius 1 is 1.28 bits per heavy atom. The van der Waals surface area contributed by atoms with Crippen LogP contribution < -0.4 is 10.2 Å². The molecule has 0 aliphatic heterocycles. The summed E-state index contributed by atoms with van der Waals surface area (Å²) < 4.78 is 0. The summed E-state index contributed by atoms with van der Waals surface area (Å²) in [7, 11) is 4.13. The highest BCUT2D eigenvalue weighted by atomic mass is 32.1. The van der Waals surface area contributed by atoms with Crippen LogP contribution in [-0.2, 0) is 6.54 Å². The Kier molecular flexibility index (Phi) is 3.87. The average molecular weight is 261 g/mol. The fraction of sp³-hybridized carbons (Fsp3) is 0.357. The van der Waals surface area contributed by atoms with Gasteiger partial charge in [0.25, 0.3) is 0 Å². The predicted octanol–water partition coefficient (Wildman–Crippen LogP) is 3.44. The lowest BCUT2D eigenvalue weighted by molar-refractivity contribution is 1.07. The fourth-order valence-electron chi connectivity index (χ4n) is 1.86. The molecule has 1 aromatic heterocycles. The Morgan fingerprint density at radius 3 is 2.67 bits per heavy atom. The van der Waals surface area contributed by atoms with E-state index in [1.54, 1.807) is 11.3 Å². The van der Waals surface area contributed by atoms with Crippen molar-refractivity contribution in [3.63, 3.8) is 0 Å². The molecule has 96 valence electrons. The molecule has 2 rings (SSSR count). The number of anilines is 2. The molecule has 0 bridgehead atoms. The van der Waals surface area contributed by atoms with E-state index in [0.29, 0.717) is 0 Å². The van der Waals surface area contributed by atoms with Gasteiger partial charge in [0, 0.05) is 36.5 Å². The van der Waals surface area contributed by atoms with Crippen molar-refractivity contribution in [1.82, 2.24) is 4.98 Å². The van der Waals surface area contributed by atoms with Crippen molar-refractivity contribution in [1.29, 1.82) is 0 Å². The van der Waals surface area contributed by atoms with Gasteiger partial charge in [0.15, 0.2) is 0 Å². The largest absolute Gasteiger partial charge is 0.378 e. The van der Waals surface area contributed by atoms with Gasteiger partial charge in [-0.25, -0.2) is 4.98 Å². The van der Waals surface area contributed by atoms with Gasteiger partial charge in [-0.15, -0.1) is 11.3 Å². The molecule has 0 aliphatic carbocycles. The van der Waals surface area contributed by atoms with Crippen LogP contribution in [0.15, 0.2) is 23.6 Å². The Hall–Kier alpha value is -1.55. The zero-order valence-electron chi connectivity index (χ0n) is 11.3. The monoisotopic (exact) mass is 261 g/mol. The topological polar surface area (TPSA) is 28.2 Å². The van der Waals surface area contributed by atoms with E-state index in [2.05, 4.69) is 59.8 Å². The fourth-order valence-corrected chi connectivity index (χ4v) is 2.57. The average Bonchev–Trinajstić information content (AvgIpc) is 2.74. The molecule has 0 atom stereocenters. The van der Waals surface area contributed by atoms with Crippen LogP contribution in [0.2, 0.25) is 0 Å². The van der Waals surface area contributed by atoms with Gasteiger partial charge < -0.3 is 10.2 Å². The number of hydrogen-bond acceptors (Lipinski definition) is 4. The maximum atomic E-state index is 4.45. The maximum absolute atomic E-state index is 4.45. The minimum absolute atomic E-state index is 0.786. The van der Waals surface area contributed by atoms with Crippen LogP contribution in [0.5, 0.6) is 0 Å². The third-order valence-corrected chi connectivity index (χ3v) is 3.77. The van der Waals surface area contributed by atoms with E-state index in [1.807, 2.05) is 6.92 Å². The zero-order chi connectivity index (χ0) is 13.1. The number of rotatable bonds is 4. The van der Waals surface area contributed by atoms with E-state index in [9.17, 15) is 0 Å². The molecule has 1 N–H and O–H groups in total. The Balaban J connectivity index is 2.08. The van der Waals surface area contributed by atoms with Gasteiger partial charge in [0.05, 0.1) is 6.54 Å². The molecule has 3 nitrogen and oxygen atoms in total.